The highest BCUT2D eigenvalue weighted by atomic mass is 32.1. The number of ether oxygens (including phenoxy) is 3. The number of anilines is 2. The molecule has 3 aromatic rings. The number of unbranched alkanes of at least 4 members (excludes halogenated alkanes) is 1. The molecule has 1 amide bonds. The van der Waals surface area contributed by atoms with Crippen molar-refractivity contribution in [2.45, 2.75) is 58.3 Å². The Morgan fingerprint density at radius 1 is 1.00 bits per heavy atom. The first-order valence-corrected chi connectivity index (χ1v) is 15.7. The molecule has 1 fully saturated rings. The summed E-state index contributed by atoms with van der Waals surface area (Å²) in [4.78, 5) is 19.6. The van der Waals surface area contributed by atoms with Crippen molar-refractivity contribution in [2.24, 2.45) is 0 Å². The van der Waals surface area contributed by atoms with Crippen molar-refractivity contribution in [1.29, 1.82) is 0 Å². The normalized spacial score (nSPS) is 18.1. The fourth-order valence-electron chi connectivity index (χ4n) is 5.74. The minimum absolute atomic E-state index is 0.0468. The Bertz CT molecular complexity index is 1300. The van der Waals surface area contributed by atoms with Gasteiger partial charge < -0.3 is 24.2 Å². The van der Waals surface area contributed by atoms with Gasteiger partial charge in [-0.05, 0) is 61.0 Å². The third-order valence-corrected chi connectivity index (χ3v) is 8.90. The van der Waals surface area contributed by atoms with Crippen molar-refractivity contribution in [1.82, 2.24) is 4.90 Å². The molecule has 0 aliphatic carbocycles. The quantitative estimate of drug-likeness (QED) is 0.209. The molecule has 222 valence electrons. The zero-order valence-electron chi connectivity index (χ0n) is 24.5. The van der Waals surface area contributed by atoms with Crippen molar-refractivity contribution in [3.63, 3.8) is 0 Å². The van der Waals surface area contributed by atoms with Crippen LogP contribution in [0.4, 0.5) is 11.4 Å². The molecule has 1 atom stereocenters. The number of hydrogen-bond donors (Lipinski definition) is 1. The van der Waals surface area contributed by atoms with E-state index in [4.69, 9.17) is 14.2 Å². The number of carbonyl (C=O) groups excluding carboxylic acids is 1. The second-order valence-electron chi connectivity index (χ2n) is 11.5. The maximum Gasteiger partial charge on any atom is 0.270 e. The van der Waals surface area contributed by atoms with Crippen LogP contribution in [0, 0.1) is 0 Å². The summed E-state index contributed by atoms with van der Waals surface area (Å²) in [5.41, 5.74) is 2.89. The highest BCUT2D eigenvalue weighted by molar-refractivity contribution is 7.17. The first-order valence-electron chi connectivity index (χ1n) is 14.8. The van der Waals surface area contributed by atoms with Crippen molar-refractivity contribution in [3.8, 4) is 5.75 Å². The van der Waals surface area contributed by atoms with Crippen molar-refractivity contribution < 1.29 is 24.1 Å². The third-order valence-electron chi connectivity index (χ3n) is 8.02. The summed E-state index contributed by atoms with van der Waals surface area (Å²) >= 11 is 1.81. The molecule has 2 aromatic carbocycles. The standard InChI is InChI=1S/C32H43N3O5S/c1-4-18-39-31(37)40-23-35-28-21-24(10-11-26(28)32(2,3)22-30(35)36)38-19-6-5-13-33-14-16-34(17-15-33)27-8-7-9-29-25(27)12-20-41-29/h7-12,20-21,31,37H,4-6,13-19,22-23H2,1-3H3. The number of rotatable bonds is 13. The third kappa shape index (κ3) is 7.21. The van der Waals surface area contributed by atoms with E-state index in [0.717, 1.165) is 69.0 Å². The van der Waals surface area contributed by atoms with Gasteiger partial charge >= 0.3 is 0 Å². The van der Waals surface area contributed by atoms with Gasteiger partial charge in [0.1, 0.15) is 12.5 Å². The molecule has 9 heteroatoms. The van der Waals surface area contributed by atoms with Gasteiger partial charge in [-0.25, -0.2) is 0 Å². The second-order valence-corrected chi connectivity index (χ2v) is 12.5. The van der Waals surface area contributed by atoms with Crippen molar-refractivity contribution >= 4 is 38.7 Å². The Labute approximate surface area is 247 Å². The van der Waals surface area contributed by atoms with Crippen molar-refractivity contribution in [3.05, 3.63) is 53.4 Å². The molecule has 0 bridgehead atoms. The SMILES string of the molecule is CCCOC(O)OCN1C(=O)CC(C)(C)c2ccc(OCCCCN3CCN(c4cccc5sccc45)CC3)cc21. The number of aliphatic hydroxyl groups is 1. The lowest BCUT2D eigenvalue weighted by Crippen LogP contribution is -2.46. The number of hydrogen-bond acceptors (Lipinski definition) is 8. The highest BCUT2D eigenvalue weighted by Crippen LogP contribution is 2.42. The molecule has 2 aliphatic rings. The highest BCUT2D eigenvalue weighted by Gasteiger charge is 2.37. The number of nitrogens with zero attached hydrogens (tertiary/aromatic N) is 3. The largest absolute Gasteiger partial charge is 0.494 e. The van der Waals surface area contributed by atoms with Crippen LogP contribution < -0.4 is 14.5 Å². The lowest BCUT2D eigenvalue weighted by molar-refractivity contribution is -0.262. The molecule has 1 unspecified atom stereocenters. The number of benzene rings is 2. The van der Waals surface area contributed by atoms with Gasteiger partial charge in [0.2, 0.25) is 5.91 Å². The van der Waals surface area contributed by atoms with Gasteiger partial charge in [-0.3, -0.25) is 14.6 Å². The van der Waals surface area contributed by atoms with Gasteiger partial charge in [0.05, 0.1) is 18.9 Å². The molecular formula is C32H43N3O5S. The maximum absolute atomic E-state index is 13.0. The smallest absolute Gasteiger partial charge is 0.270 e. The van der Waals surface area contributed by atoms with Gasteiger partial charge in [-0.1, -0.05) is 32.9 Å². The fraction of sp³-hybridized carbons (Fsp3) is 0.531. The van der Waals surface area contributed by atoms with Crippen LogP contribution in [0.3, 0.4) is 0 Å². The molecule has 5 rings (SSSR count). The summed E-state index contributed by atoms with van der Waals surface area (Å²) in [6, 6.07) is 14.8. The number of aliphatic hydroxyl groups excluding tert-OH is 1. The van der Waals surface area contributed by atoms with Gasteiger partial charge in [0, 0.05) is 59.9 Å². The first kappa shape index (κ1) is 29.8. The van der Waals surface area contributed by atoms with Crippen LogP contribution in [0.2, 0.25) is 0 Å². The number of fused-ring (bicyclic) bond motifs is 2. The zero-order chi connectivity index (χ0) is 28.8. The van der Waals surface area contributed by atoms with Gasteiger partial charge in [0.15, 0.2) is 0 Å². The predicted octanol–water partition coefficient (Wildman–Crippen LogP) is 5.57. The van der Waals surface area contributed by atoms with E-state index in [2.05, 4.69) is 53.3 Å². The van der Waals surface area contributed by atoms with E-state index >= 15 is 0 Å². The number of piperazine rings is 1. The van der Waals surface area contributed by atoms with Gasteiger partial charge in [0.25, 0.3) is 6.48 Å². The molecule has 1 N–H and O–H groups in total. The average molecular weight is 582 g/mol. The Kier molecular flexibility index (Phi) is 9.83. The van der Waals surface area contributed by atoms with Gasteiger partial charge in [-0.15, -0.1) is 11.3 Å². The first-order chi connectivity index (χ1) is 19.9. The lowest BCUT2D eigenvalue weighted by atomic mass is 9.77. The van der Waals surface area contributed by atoms with Crippen LogP contribution in [-0.2, 0) is 19.7 Å². The molecule has 2 aliphatic heterocycles. The van der Waals surface area contributed by atoms with E-state index in [1.165, 1.54) is 15.8 Å². The summed E-state index contributed by atoms with van der Waals surface area (Å²) in [7, 11) is 0. The molecule has 0 radical (unpaired) electrons. The van der Waals surface area contributed by atoms with E-state index < -0.39 is 6.48 Å². The van der Waals surface area contributed by atoms with E-state index in [-0.39, 0.29) is 18.1 Å². The summed E-state index contributed by atoms with van der Waals surface area (Å²) in [6.45, 7) is 11.0. The Hall–Kier alpha value is -2.69. The summed E-state index contributed by atoms with van der Waals surface area (Å²) in [6.07, 6.45) is 3.17. The monoisotopic (exact) mass is 581 g/mol. The van der Waals surface area contributed by atoms with Crippen LogP contribution in [0.5, 0.6) is 5.75 Å². The summed E-state index contributed by atoms with van der Waals surface area (Å²) < 4.78 is 18.1. The minimum atomic E-state index is -1.36. The van der Waals surface area contributed by atoms with Crippen LogP contribution >= 0.6 is 11.3 Å². The van der Waals surface area contributed by atoms with Crippen molar-refractivity contribution in [2.75, 3.05) is 62.5 Å². The molecule has 0 saturated carbocycles. The topological polar surface area (TPSA) is 74.7 Å². The molecule has 41 heavy (non-hydrogen) atoms. The number of carbonyl (C=O) groups is 1. The zero-order valence-corrected chi connectivity index (χ0v) is 25.3. The predicted molar refractivity (Wildman–Crippen MR) is 165 cm³/mol. The fourth-order valence-corrected chi connectivity index (χ4v) is 6.55. The molecule has 3 heterocycles. The Morgan fingerprint density at radius 3 is 2.63 bits per heavy atom. The van der Waals surface area contributed by atoms with Crippen LogP contribution in [-0.4, -0.2) is 75.1 Å². The van der Waals surface area contributed by atoms with Gasteiger partial charge in [-0.2, -0.15) is 0 Å². The van der Waals surface area contributed by atoms with E-state index in [1.807, 2.05) is 25.1 Å². The maximum atomic E-state index is 13.0. The van der Waals surface area contributed by atoms with Crippen LogP contribution in [0.25, 0.3) is 10.1 Å². The van der Waals surface area contributed by atoms with E-state index in [1.54, 1.807) is 16.2 Å². The molecule has 0 spiro atoms. The average Bonchev–Trinajstić information content (AvgIpc) is 3.45. The van der Waals surface area contributed by atoms with Crippen LogP contribution in [0.1, 0.15) is 52.0 Å². The van der Waals surface area contributed by atoms with E-state index in [9.17, 15) is 9.90 Å². The number of thiophene rings is 1. The Balaban J connectivity index is 1.09. The molecule has 8 nitrogen and oxygen atoms in total. The Morgan fingerprint density at radius 2 is 1.83 bits per heavy atom. The molecule has 1 aromatic heterocycles. The number of amides is 1. The molecular weight excluding hydrogens is 538 g/mol. The minimum Gasteiger partial charge on any atom is -0.494 e. The van der Waals surface area contributed by atoms with Crippen LogP contribution in [0.15, 0.2) is 47.8 Å². The summed E-state index contributed by atoms with van der Waals surface area (Å²) in [5, 5.41) is 13.5. The summed E-state index contributed by atoms with van der Waals surface area (Å²) in [5.74, 6) is 0.688. The lowest BCUT2D eigenvalue weighted by Gasteiger charge is -2.38. The second kappa shape index (κ2) is 13.5. The molecule has 1 saturated heterocycles. The van der Waals surface area contributed by atoms with E-state index in [0.29, 0.717) is 19.6 Å².